The van der Waals surface area contributed by atoms with E-state index in [0.717, 1.165) is 48.2 Å². The summed E-state index contributed by atoms with van der Waals surface area (Å²) in [5.74, 6) is 5.96. The number of hydrogen-bond donors (Lipinski definition) is 1. The first-order chi connectivity index (χ1) is 8.78. The SMILES string of the molecule is CCC(N)Cc1noc(C2C3C4CCC(C4)C23)n1. The van der Waals surface area contributed by atoms with Gasteiger partial charge in [0, 0.05) is 18.4 Å². The van der Waals surface area contributed by atoms with Gasteiger partial charge in [-0.05, 0) is 49.4 Å². The highest BCUT2D eigenvalue weighted by Crippen LogP contribution is 2.72. The van der Waals surface area contributed by atoms with Crippen LogP contribution in [0.5, 0.6) is 0 Å². The molecule has 3 aliphatic rings. The highest BCUT2D eigenvalue weighted by atomic mass is 16.5. The quantitative estimate of drug-likeness (QED) is 0.885. The Morgan fingerprint density at radius 3 is 2.72 bits per heavy atom. The normalized spacial score (nSPS) is 42.0. The molecular formula is C14H21N3O. The molecule has 3 fully saturated rings. The number of nitrogens with two attached hydrogens (primary N) is 1. The molecule has 0 aromatic carbocycles. The molecule has 1 aromatic heterocycles. The summed E-state index contributed by atoms with van der Waals surface area (Å²) in [7, 11) is 0. The summed E-state index contributed by atoms with van der Waals surface area (Å²) in [5.41, 5.74) is 5.93. The van der Waals surface area contributed by atoms with Crippen molar-refractivity contribution in [1.82, 2.24) is 10.1 Å². The molecule has 1 aromatic rings. The van der Waals surface area contributed by atoms with Crippen molar-refractivity contribution in [1.29, 1.82) is 0 Å². The standard InChI is InChI=1S/C14H21N3O/c1-2-9(15)6-10-16-14(18-17-10)13-11-7-3-4-8(5-7)12(11)13/h7-9,11-13H,2-6,15H2,1H3. The van der Waals surface area contributed by atoms with Crippen LogP contribution in [-0.2, 0) is 6.42 Å². The zero-order chi connectivity index (χ0) is 12.3. The van der Waals surface area contributed by atoms with E-state index in [1.54, 1.807) is 0 Å². The van der Waals surface area contributed by atoms with Gasteiger partial charge in [0.05, 0.1) is 0 Å². The van der Waals surface area contributed by atoms with Crippen LogP contribution in [0.1, 0.15) is 50.2 Å². The zero-order valence-corrected chi connectivity index (χ0v) is 10.9. The van der Waals surface area contributed by atoms with Gasteiger partial charge in [0.1, 0.15) is 0 Å². The Morgan fingerprint density at radius 1 is 1.33 bits per heavy atom. The monoisotopic (exact) mass is 247 g/mol. The van der Waals surface area contributed by atoms with Gasteiger partial charge in [0.25, 0.3) is 0 Å². The third-order valence-electron chi connectivity index (χ3n) is 5.47. The van der Waals surface area contributed by atoms with Crippen LogP contribution in [0.15, 0.2) is 4.52 Å². The van der Waals surface area contributed by atoms with Crippen LogP contribution >= 0.6 is 0 Å². The summed E-state index contributed by atoms with van der Waals surface area (Å²) in [6, 6.07) is 0.158. The van der Waals surface area contributed by atoms with Crippen molar-refractivity contribution >= 4 is 0 Å². The molecule has 2 bridgehead atoms. The molecule has 4 rings (SSSR count). The van der Waals surface area contributed by atoms with Crippen LogP contribution in [0.2, 0.25) is 0 Å². The number of nitrogens with zero attached hydrogens (tertiary/aromatic N) is 2. The highest BCUT2D eigenvalue weighted by molar-refractivity contribution is 5.22. The molecule has 5 atom stereocenters. The molecule has 98 valence electrons. The topological polar surface area (TPSA) is 64.9 Å². The van der Waals surface area contributed by atoms with E-state index in [1.807, 2.05) is 0 Å². The molecule has 1 heterocycles. The van der Waals surface area contributed by atoms with E-state index in [4.69, 9.17) is 10.3 Å². The molecule has 0 amide bonds. The van der Waals surface area contributed by atoms with Gasteiger partial charge >= 0.3 is 0 Å². The van der Waals surface area contributed by atoms with Crippen molar-refractivity contribution in [3.8, 4) is 0 Å². The summed E-state index contributed by atoms with van der Waals surface area (Å²) in [5, 5.41) is 4.10. The molecule has 4 nitrogen and oxygen atoms in total. The van der Waals surface area contributed by atoms with Gasteiger partial charge in [-0.25, -0.2) is 0 Å². The van der Waals surface area contributed by atoms with Crippen molar-refractivity contribution in [2.45, 2.75) is 51.0 Å². The average Bonchev–Trinajstić information content (AvgIpc) is 2.77. The minimum atomic E-state index is 0.158. The van der Waals surface area contributed by atoms with Gasteiger partial charge in [-0.2, -0.15) is 4.98 Å². The number of rotatable bonds is 4. The Kier molecular flexibility index (Phi) is 2.31. The smallest absolute Gasteiger partial charge is 0.230 e. The van der Waals surface area contributed by atoms with Crippen molar-refractivity contribution in [2.24, 2.45) is 29.4 Å². The zero-order valence-electron chi connectivity index (χ0n) is 10.9. The lowest BCUT2D eigenvalue weighted by Crippen LogP contribution is -2.22. The fourth-order valence-corrected chi connectivity index (χ4v) is 4.52. The Bertz CT molecular complexity index is 442. The molecule has 0 radical (unpaired) electrons. The molecule has 0 saturated heterocycles. The predicted molar refractivity (Wildman–Crippen MR) is 66.8 cm³/mol. The molecule has 3 saturated carbocycles. The van der Waals surface area contributed by atoms with Crippen LogP contribution in [0.25, 0.3) is 0 Å². The lowest BCUT2D eigenvalue weighted by atomic mass is 10.0. The molecule has 18 heavy (non-hydrogen) atoms. The van der Waals surface area contributed by atoms with Crippen molar-refractivity contribution in [3.05, 3.63) is 11.7 Å². The average molecular weight is 247 g/mol. The first-order valence-electron chi connectivity index (χ1n) is 7.36. The summed E-state index contributed by atoms with van der Waals surface area (Å²) in [4.78, 5) is 4.58. The molecule has 3 aliphatic carbocycles. The Morgan fingerprint density at radius 2 is 2.06 bits per heavy atom. The molecule has 0 spiro atoms. The van der Waals surface area contributed by atoms with Crippen LogP contribution in [0.4, 0.5) is 0 Å². The molecule has 0 aliphatic heterocycles. The summed E-state index contributed by atoms with van der Waals surface area (Å²) in [6.45, 7) is 2.09. The van der Waals surface area contributed by atoms with E-state index in [2.05, 4.69) is 17.1 Å². The van der Waals surface area contributed by atoms with Crippen LogP contribution in [0, 0.1) is 23.7 Å². The Labute approximate surface area is 107 Å². The Hall–Kier alpha value is -0.900. The maximum absolute atomic E-state index is 5.93. The number of fused-ring (bicyclic) bond motifs is 5. The largest absolute Gasteiger partial charge is 0.339 e. The lowest BCUT2D eigenvalue weighted by molar-refractivity contribution is 0.351. The number of hydrogen-bond acceptors (Lipinski definition) is 4. The number of aromatic nitrogens is 2. The van der Waals surface area contributed by atoms with E-state index in [0.29, 0.717) is 5.92 Å². The van der Waals surface area contributed by atoms with Gasteiger partial charge in [0.2, 0.25) is 5.89 Å². The molecule has 4 heteroatoms. The maximum atomic E-state index is 5.93. The van der Waals surface area contributed by atoms with Crippen LogP contribution < -0.4 is 5.73 Å². The second-order valence-electron chi connectivity index (χ2n) is 6.43. The fourth-order valence-electron chi connectivity index (χ4n) is 4.52. The van der Waals surface area contributed by atoms with E-state index in [9.17, 15) is 0 Å². The second kappa shape index (κ2) is 3.80. The van der Waals surface area contributed by atoms with Crippen LogP contribution in [0.3, 0.4) is 0 Å². The van der Waals surface area contributed by atoms with Gasteiger partial charge in [0.15, 0.2) is 5.82 Å². The van der Waals surface area contributed by atoms with E-state index in [-0.39, 0.29) is 6.04 Å². The lowest BCUT2D eigenvalue weighted by Gasteiger charge is -2.04. The maximum Gasteiger partial charge on any atom is 0.230 e. The van der Waals surface area contributed by atoms with Gasteiger partial charge < -0.3 is 10.3 Å². The first-order valence-corrected chi connectivity index (χ1v) is 7.36. The van der Waals surface area contributed by atoms with E-state index < -0.39 is 0 Å². The highest BCUT2D eigenvalue weighted by Gasteiger charge is 2.67. The first kappa shape index (κ1) is 11.0. The van der Waals surface area contributed by atoms with Crippen molar-refractivity contribution < 1.29 is 4.52 Å². The minimum absolute atomic E-state index is 0.158. The van der Waals surface area contributed by atoms with Crippen molar-refractivity contribution in [2.75, 3.05) is 0 Å². The summed E-state index contributed by atoms with van der Waals surface area (Å²) in [6.07, 6.45) is 6.04. The van der Waals surface area contributed by atoms with Crippen molar-refractivity contribution in [3.63, 3.8) is 0 Å². The fraction of sp³-hybridized carbons (Fsp3) is 0.857. The third kappa shape index (κ3) is 1.48. The van der Waals surface area contributed by atoms with E-state index >= 15 is 0 Å². The summed E-state index contributed by atoms with van der Waals surface area (Å²) >= 11 is 0. The summed E-state index contributed by atoms with van der Waals surface area (Å²) < 4.78 is 5.48. The third-order valence-corrected chi connectivity index (χ3v) is 5.47. The van der Waals surface area contributed by atoms with Gasteiger partial charge in [-0.15, -0.1) is 0 Å². The van der Waals surface area contributed by atoms with Gasteiger partial charge in [-0.1, -0.05) is 12.1 Å². The van der Waals surface area contributed by atoms with Crippen LogP contribution in [-0.4, -0.2) is 16.2 Å². The van der Waals surface area contributed by atoms with Gasteiger partial charge in [-0.3, -0.25) is 0 Å². The minimum Gasteiger partial charge on any atom is -0.339 e. The molecule has 2 N–H and O–H groups in total. The molecular weight excluding hydrogens is 226 g/mol. The molecule has 5 unspecified atom stereocenters. The predicted octanol–water partition coefficient (Wildman–Crippen LogP) is 2.11. The Balaban J connectivity index is 1.47. The second-order valence-corrected chi connectivity index (χ2v) is 6.43. The van der Waals surface area contributed by atoms with E-state index in [1.165, 1.54) is 19.3 Å².